The molecule has 112 valence electrons. The first-order chi connectivity index (χ1) is 9.93. The molecule has 1 unspecified atom stereocenters. The summed E-state index contributed by atoms with van der Waals surface area (Å²) in [7, 11) is 4.36. The molecule has 0 spiro atoms. The highest BCUT2D eigenvalue weighted by Crippen LogP contribution is 2.15. The zero-order valence-electron chi connectivity index (χ0n) is 11.9. The number of carbonyl (C=O) groups is 3. The number of amides is 5. The zero-order chi connectivity index (χ0) is 15.6. The number of ether oxygens (including phenoxy) is 1. The number of likely N-dealkylation sites (N-methyl/N-ethyl adjacent to an activating group) is 2. The summed E-state index contributed by atoms with van der Waals surface area (Å²) in [6.07, 6.45) is -0.999. The maximum absolute atomic E-state index is 11.9. The summed E-state index contributed by atoms with van der Waals surface area (Å²) in [6, 6.07) is 5.67. The fraction of sp³-hybridized carbons (Fsp3) is 0.308. The smallest absolute Gasteiger partial charge is 0.328 e. The molecular formula is C13H16N4O4. The average molecular weight is 292 g/mol. The second-order valence-electron chi connectivity index (χ2n) is 4.52. The minimum absolute atomic E-state index is 0.463. The van der Waals surface area contributed by atoms with Crippen molar-refractivity contribution in [3.63, 3.8) is 0 Å². The van der Waals surface area contributed by atoms with Crippen molar-refractivity contribution in [2.24, 2.45) is 0 Å². The molecule has 2 rings (SSSR count). The van der Waals surface area contributed by atoms with Crippen LogP contribution in [0.5, 0.6) is 5.75 Å². The quantitative estimate of drug-likeness (QED) is 0.801. The van der Waals surface area contributed by atoms with Crippen molar-refractivity contribution in [3.8, 4) is 5.75 Å². The van der Waals surface area contributed by atoms with E-state index in [2.05, 4.69) is 10.6 Å². The lowest BCUT2D eigenvalue weighted by molar-refractivity contribution is -0.127. The van der Waals surface area contributed by atoms with Gasteiger partial charge in [0.2, 0.25) is 0 Å². The van der Waals surface area contributed by atoms with Crippen LogP contribution >= 0.6 is 0 Å². The number of nitrogens with zero attached hydrogens (tertiary/aromatic N) is 2. The number of benzene rings is 1. The molecule has 1 fully saturated rings. The van der Waals surface area contributed by atoms with Crippen LogP contribution in [0.3, 0.4) is 0 Å². The van der Waals surface area contributed by atoms with Gasteiger partial charge in [-0.15, -0.1) is 0 Å². The van der Waals surface area contributed by atoms with Crippen LogP contribution in [0.4, 0.5) is 15.3 Å². The first-order valence-corrected chi connectivity index (χ1v) is 6.20. The summed E-state index contributed by atoms with van der Waals surface area (Å²) in [5.74, 6) is 0.186. The summed E-state index contributed by atoms with van der Waals surface area (Å²) < 4.78 is 5.01. The van der Waals surface area contributed by atoms with Gasteiger partial charge in [0.15, 0.2) is 6.17 Å². The number of methoxy groups -OCH3 is 1. The minimum atomic E-state index is -0.999. The normalized spacial score (nSPS) is 18.0. The maximum Gasteiger partial charge on any atom is 0.328 e. The van der Waals surface area contributed by atoms with E-state index in [0.29, 0.717) is 11.4 Å². The van der Waals surface area contributed by atoms with Gasteiger partial charge in [0.25, 0.3) is 5.91 Å². The van der Waals surface area contributed by atoms with Gasteiger partial charge in [0.05, 0.1) is 7.11 Å². The highest BCUT2D eigenvalue weighted by Gasteiger charge is 2.41. The van der Waals surface area contributed by atoms with Gasteiger partial charge in [0.1, 0.15) is 5.75 Å². The van der Waals surface area contributed by atoms with Gasteiger partial charge in [-0.05, 0) is 24.3 Å². The molecule has 2 N–H and O–H groups in total. The third kappa shape index (κ3) is 2.88. The summed E-state index contributed by atoms with van der Waals surface area (Å²) in [5, 5.41) is 5.03. The Morgan fingerprint density at radius 3 is 2.29 bits per heavy atom. The predicted octanol–water partition coefficient (Wildman–Crippen LogP) is 0.667. The number of urea groups is 2. The third-order valence-corrected chi connectivity index (χ3v) is 3.16. The lowest BCUT2D eigenvalue weighted by atomic mass is 10.3. The minimum Gasteiger partial charge on any atom is -0.497 e. The standard InChI is InChI=1S/C13H16N4O4/c1-16-10(11(18)17(2)13(16)20)15-12(19)14-8-4-6-9(21-3)7-5-8/h4-7,10H,1-3H3,(H2,14,15,19). The van der Waals surface area contributed by atoms with E-state index in [1.165, 1.54) is 14.1 Å². The van der Waals surface area contributed by atoms with Crippen LogP contribution in [0, 0.1) is 0 Å². The molecule has 0 aromatic heterocycles. The topological polar surface area (TPSA) is 91.0 Å². The summed E-state index contributed by atoms with van der Waals surface area (Å²) in [6.45, 7) is 0. The molecule has 8 heteroatoms. The molecule has 0 bridgehead atoms. The molecular weight excluding hydrogens is 276 g/mol. The highest BCUT2D eigenvalue weighted by molar-refractivity contribution is 6.05. The van der Waals surface area contributed by atoms with Gasteiger partial charge in [-0.2, -0.15) is 0 Å². The molecule has 8 nitrogen and oxygen atoms in total. The van der Waals surface area contributed by atoms with Crippen molar-refractivity contribution in [2.45, 2.75) is 6.17 Å². The predicted molar refractivity (Wildman–Crippen MR) is 74.9 cm³/mol. The second kappa shape index (κ2) is 5.70. The molecule has 1 aliphatic heterocycles. The lowest BCUT2D eigenvalue weighted by Crippen LogP contribution is -2.48. The molecule has 1 aromatic rings. The molecule has 0 radical (unpaired) electrons. The molecule has 1 heterocycles. The molecule has 0 saturated carbocycles. The number of nitrogens with one attached hydrogen (secondary N) is 2. The van der Waals surface area contributed by atoms with E-state index in [4.69, 9.17) is 4.74 Å². The number of hydrogen-bond donors (Lipinski definition) is 2. The lowest BCUT2D eigenvalue weighted by Gasteiger charge is -2.17. The van der Waals surface area contributed by atoms with Crippen LogP contribution in [0.1, 0.15) is 0 Å². The Labute approximate surface area is 121 Å². The monoisotopic (exact) mass is 292 g/mol. The van der Waals surface area contributed by atoms with E-state index in [1.54, 1.807) is 31.4 Å². The van der Waals surface area contributed by atoms with E-state index >= 15 is 0 Å². The van der Waals surface area contributed by atoms with Gasteiger partial charge in [-0.25, -0.2) is 9.59 Å². The first kappa shape index (κ1) is 14.6. The third-order valence-electron chi connectivity index (χ3n) is 3.16. The molecule has 21 heavy (non-hydrogen) atoms. The zero-order valence-corrected chi connectivity index (χ0v) is 11.9. The molecule has 1 aliphatic rings. The number of imide groups is 1. The van der Waals surface area contributed by atoms with Gasteiger partial charge in [-0.1, -0.05) is 0 Å². The average Bonchev–Trinajstić information content (AvgIpc) is 2.66. The van der Waals surface area contributed by atoms with Crippen molar-refractivity contribution in [3.05, 3.63) is 24.3 Å². The van der Waals surface area contributed by atoms with Crippen LogP contribution in [-0.4, -0.2) is 55.1 Å². The van der Waals surface area contributed by atoms with Gasteiger partial charge < -0.3 is 15.4 Å². The Balaban J connectivity index is 1.98. The summed E-state index contributed by atoms with van der Waals surface area (Å²) >= 11 is 0. The van der Waals surface area contributed by atoms with E-state index in [9.17, 15) is 14.4 Å². The Bertz CT molecular complexity index is 572. The largest absolute Gasteiger partial charge is 0.497 e. The number of rotatable bonds is 3. The molecule has 0 aliphatic carbocycles. The van der Waals surface area contributed by atoms with Crippen molar-refractivity contribution in [1.82, 2.24) is 15.1 Å². The van der Waals surface area contributed by atoms with Crippen LogP contribution in [0.25, 0.3) is 0 Å². The van der Waals surface area contributed by atoms with E-state index in [1.807, 2.05) is 0 Å². The van der Waals surface area contributed by atoms with E-state index in [-0.39, 0.29) is 0 Å². The highest BCUT2D eigenvalue weighted by atomic mass is 16.5. The maximum atomic E-state index is 11.9. The SMILES string of the molecule is COc1ccc(NC(=O)NC2C(=O)N(C)C(=O)N2C)cc1. The molecule has 1 saturated heterocycles. The first-order valence-electron chi connectivity index (χ1n) is 6.20. The Morgan fingerprint density at radius 2 is 1.81 bits per heavy atom. The van der Waals surface area contributed by atoms with Crippen LogP contribution < -0.4 is 15.4 Å². The summed E-state index contributed by atoms with van der Waals surface area (Å²) in [4.78, 5) is 37.4. The van der Waals surface area contributed by atoms with Crippen molar-refractivity contribution >= 4 is 23.7 Å². The Hall–Kier alpha value is -2.77. The van der Waals surface area contributed by atoms with Crippen molar-refractivity contribution in [2.75, 3.05) is 26.5 Å². The van der Waals surface area contributed by atoms with Gasteiger partial charge >= 0.3 is 12.1 Å². The van der Waals surface area contributed by atoms with Gasteiger partial charge in [-0.3, -0.25) is 14.6 Å². The second-order valence-corrected chi connectivity index (χ2v) is 4.52. The van der Waals surface area contributed by atoms with Crippen LogP contribution in [0.15, 0.2) is 24.3 Å². The Kier molecular flexibility index (Phi) is 3.97. The number of carbonyl (C=O) groups excluding carboxylic acids is 3. The van der Waals surface area contributed by atoms with E-state index < -0.39 is 24.1 Å². The summed E-state index contributed by atoms with van der Waals surface area (Å²) in [5.41, 5.74) is 0.543. The van der Waals surface area contributed by atoms with Crippen LogP contribution in [-0.2, 0) is 4.79 Å². The van der Waals surface area contributed by atoms with Crippen molar-refractivity contribution in [1.29, 1.82) is 0 Å². The van der Waals surface area contributed by atoms with Gasteiger partial charge in [0, 0.05) is 19.8 Å². The Morgan fingerprint density at radius 1 is 1.19 bits per heavy atom. The fourth-order valence-electron chi connectivity index (χ4n) is 1.91. The fourth-order valence-corrected chi connectivity index (χ4v) is 1.91. The van der Waals surface area contributed by atoms with E-state index in [0.717, 1.165) is 9.80 Å². The molecule has 1 atom stereocenters. The molecule has 1 aromatic carbocycles. The number of anilines is 1. The van der Waals surface area contributed by atoms with Crippen LogP contribution in [0.2, 0.25) is 0 Å². The molecule has 5 amide bonds. The number of hydrogen-bond acceptors (Lipinski definition) is 4. The van der Waals surface area contributed by atoms with Crippen molar-refractivity contribution < 1.29 is 19.1 Å².